The number of ether oxygens (including phenoxy) is 1. The fourth-order valence-corrected chi connectivity index (χ4v) is 1.63. The van der Waals surface area contributed by atoms with E-state index in [-0.39, 0.29) is 5.97 Å². The maximum absolute atomic E-state index is 13.3. The SMILES string of the molecule is CCOC(=O)CCCNCc1ccc([N+](=O)[O-])c(F)c1. The Kier molecular flexibility index (Phi) is 6.58. The third-order valence-electron chi connectivity index (χ3n) is 2.58. The summed E-state index contributed by atoms with van der Waals surface area (Å²) in [6.45, 7) is 3.09. The first-order valence-corrected chi connectivity index (χ1v) is 6.33. The van der Waals surface area contributed by atoms with Gasteiger partial charge >= 0.3 is 11.7 Å². The highest BCUT2D eigenvalue weighted by Gasteiger charge is 2.13. The van der Waals surface area contributed by atoms with Crippen LogP contribution in [-0.4, -0.2) is 24.0 Å². The van der Waals surface area contributed by atoms with Crippen molar-refractivity contribution in [1.29, 1.82) is 0 Å². The molecular weight excluding hydrogens is 267 g/mol. The van der Waals surface area contributed by atoms with Gasteiger partial charge in [-0.2, -0.15) is 4.39 Å². The zero-order chi connectivity index (χ0) is 15.0. The Hall–Kier alpha value is -2.02. The molecule has 1 rings (SSSR count). The summed E-state index contributed by atoms with van der Waals surface area (Å²) >= 11 is 0. The van der Waals surface area contributed by atoms with Crippen LogP contribution >= 0.6 is 0 Å². The molecule has 0 atom stereocenters. The number of carbonyl (C=O) groups excluding carboxylic acids is 1. The quantitative estimate of drug-likeness (QED) is 0.342. The van der Waals surface area contributed by atoms with Crippen molar-refractivity contribution in [1.82, 2.24) is 5.32 Å². The second-order valence-corrected chi connectivity index (χ2v) is 4.13. The van der Waals surface area contributed by atoms with Crippen molar-refractivity contribution >= 4 is 11.7 Å². The first-order chi connectivity index (χ1) is 9.54. The van der Waals surface area contributed by atoms with Crippen molar-refractivity contribution in [3.8, 4) is 0 Å². The first kappa shape index (κ1) is 16.0. The second kappa shape index (κ2) is 8.21. The van der Waals surface area contributed by atoms with E-state index in [2.05, 4.69) is 5.32 Å². The van der Waals surface area contributed by atoms with Crippen molar-refractivity contribution in [3.63, 3.8) is 0 Å². The minimum atomic E-state index is -0.846. The number of rotatable bonds is 8. The van der Waals surface area contributed by atoms with Gasteiger partial charge in [0.25, 0.3) is 0 Å². The summed E-state index contributed by atoms with van der Waals surface area (Å²) in [5.74, 6) is -1.09. The molecule has 6 nitrogen and oxygen atoms in total. The smallest absolute Gasteiger partial charge is 0.305 e. The normalized spacial score (nSPS) is 10.3. The number of hydrogen-bond donors (Lipinski definition) is 1. The number of carbonyl (C=O) groups is 1. The van der Waals surface area contributed by atoms with Crippen LogP contribution in [0.2, 0.25) is 0 Å². The van der Waals surface area contributed by atoms with E-state index in [4.69, 9.17) is 4.74 Å². The zero-order valence-corrected chi connectivity index (χ0v) is 11.2. The minimum absolute atomic E-state index is 0.240. The van der Waals surface area contributed by atoms with Crippen molar-refractivity contribution in [2.75, 3.05) is 13.2 Å². The molecule has 0 aliphatic heterocycles. The molecule has 0 amide bonds. The Balaban J connectivity index is 2.31. The van der Waals surface area contributed by atoms with E-state index in [0.717, 1.165) is 12.1 Å². The lowest BCUT2D eigenvalue weighted by molar-refractivity contribution is -0.387. The topological polar surface area (TPSA) is 81.5 Å². The summed E-state index contributed by atoms with van der Waals surface area (Å²) in [6, 6.07) is 3.78. The Morgan fingerprint density at radius 3 is 2.85 bits per heavy atom. The van der Waals surface area contributed by atoms with Crippen LogP contribution in [0.5, 0.6) is 0 Å². The van der Waals surface area contributed by atoms with Crippen molar-refractivity contribution < 1.29 is 18.8 Å². The van der Waals surface area contributed by atoms with Gasteiger partial charge in [-0.3, -0.25) is 14.9 Å². The average molecular weight is 284 g/mol. The van der Waals surface area contributed by atoms with Gasteiger partial charge in [-0.25, -0.2) is 0 Å². The highest BCUT2D eigenvalue weighted by atomic mass is 19.1. The zero-order valence-electron chi connectivity index (χ0n) is 11.2. The molecule has 1 aromatic carbocycles. The van der Waals surface area contributed by atoms with Gasteiger partial charge in [0.15, 0.2) is 0 Å². The van der Waals surface area contributed by atoms with Crippen molar-refractivity contribution in [3.05, 3.63) is 39.7 Å². The molecule has 0 saturated carbocycles. The van der Waals surface area contributed by atoms with E-state index in [0.29, 0.717) is 38.1 Å². The van der Waals surface area contributed by atoms with Crippen LogP contribution in [0.3, 0.4) is 0 Å². The third-order valence-corrected chi connectivity index (χ3v) is 2.58. The molecule has 0 aromatic heterocycles. The molecule has 7 heteroatoms. The average Bonchev–Trinajstić information content (AvgIpc) is 2.38. The fourth-order valence-electron chi connectivity index (χ4n) is 1.63. The lowest BCUT2D eigenvalue weighted by atomic mass is 10.2. The molecule has 0 saturated heterocycles. The van der Waals surface area contributed by atoms with Crippen LogP contribution in [0.15, 0.2) is 18.2 Å². The number of hydrogen-bond acceptors (Lipinski definition) is 5. The molecule has 0 bridgehead atoms. The molecule has 110 valence electrons. The molecule has 0 aliphatic rings. The summed E-state index contributed by atoms with van der Waals surface area (Å²) in [5.41, 5.74) is 0.0836. The largest absolute Gasteiger partial charge is 0.466 e. The summed E-state index contributed by atoms with van der Waals surface area (Å²) in [6.07, 6.45) is 0.948. The van der Waals surface area contributed by atoms with Gasteiger partial charge in [0, 0.05) is 19.0 Å². The monoisotopic (exact) mass is 284 g/mol. The van der Waals surface area contributed by atoms with Crippen molar-refractivity contribution in [2.45, 2.75) is 26.3 Å². The summed E-state index contributed by atoms with van der Waals surface area (Å²) in [7, 11) is 0. The van der Waals surface area contributed by atoms with E-state index in [1.807, 2.05) is 0 Å². The van der Waals surface area contributed by atoms with E-state index in [1.165, 1.54) is 6.07 Å². The van der Waals surface area contributed by atoms with E-state index in [9.17, 15) is 19.3 Å². The summed E-state index contributed by atoms with van der Waals surface area (Å²) < 4.78 is 18.1. The lowest BCUT2D eigenvalue weighted by Gasteiger charge is -2.05. The number of esters is 1. The Morgan fingerprint density at radius 2 is 2.25 bits per heavy atom. The molecular formula is C13H17FN2O4. The predicted octanol–water partition coefficient (Wildman–Crippen LogP) is 2.17. The van der Waals surface area contributed by atoms with Crippen LogP contribution in [0.25, 0.3) is 0 Å². The third kappa shape index (κ3) is 5.31. The number of nitrogens with zero attached hydrogens (tertiary/aromatic N) is 1. The summed E-state index contributed by atoms with van der Waals surface area (Å²) in [4.78, 5) is 20.8. The molecule has 0 unspecified atom stereocenters. The highest BCUT2D eigenvalue weighted by molar-refractivity contribution is 5.69. The van der Waals surface area contributed by atoms with E-state index >= 15 is 0 Å². The van der Waals surface area contributed by atoms with Gasteiger partial charge < -0.3 is 10.1 Å². The standard InChI is InChI=1S/C13H17FN2O4/c1-2-20-13(17)4-3-7-15-9-10-5-6-12(16(18)19)11(14)8-10/h5-6,8,15H,2-4,7,9H2,1H3. The molecule has 0 heterocycles. The van der Waals surface area contributed by atoms with Crippen LogP contribution in [-0.2, 0) is 16.1 Å². The van der Waals surface area contributed by atoms with Gasteiger partial charge in [-0.15, -0.1) is 0 Å². The molecule has 0 spiro atoms. The molecule has 1 aromatic rings. The van der Waals surface area contributed by atoms with Gasteiger partial charge in [-0.1, -0.05) is 6.07 Å². The first-order valence-electron chi connectivity index (χ1n) is 6.33. The van der Waals surface area contributed by atoms with Crippen LogP contribution < -0.4 is 5.32 Å². The number of benzene rings is 1. The van der Waals surface area contributed by atoms with Crippen LogP contribution in [0, 0.1) is 15.9 Å². The minimum Gasteiger partial charge on any atom is -0.466 e. The van der Waals surface area contributed by atoms with Gasteiger partial charge in [0.05, 0.1) is 11.5 Å². The Bertz CT molecular complexity index is 479. The molecule has 0 aliphatic carbocycles. The van der Waals surface area contributed by atoms with E-state index in [1.54, 1.807) is 6.92 Å². The van der Waals surface area contributed by atoms with E-state index < -0.39 is 16.4 Å². The van der Waals surface area contributed by atoms with Gasteiger partial charge in [-0.05, 0) is 31.5 Å². The van der Waals surface area contributed by atoms with Gasteiger partial charge in [0.2, 0.25) is 5.82 Å². The van der Waals surface area contributed by atoms with Crippen molar-refractivity contribution in [2.24, 2.45) is 0 Å². The molecule has 1 N–H and O–H groups in total. The van der Waals surface area contributed by atoms with Crippen LogP contribution in [0.1, 0.15) is 25.3 Å². The molecule has 0 radical (unpaired) electrons. The Labute approximate surface area is 116 Å². The van der Waals surface area contributed by atoms with Crippen LogP contribution in [0.4, 0.5) is 10.1 Å². The fraction of sp³-hybridized carbons (Fsp3) is 0.462. The number of nitro benzene ring substituents is 1. The molecule has 0 fully saturated rings. The predicted molar refractivity (Wildman–Crippen MR) is 70.6 cm³/mol. The number of nitro groups is 1. The van der Waals surface area contributed by atoms with Gasteiger partial charge in [0.1, 0.15) is 0 Å². The number of nitrogens with one attached hydrogen (secondary N) is 1. The Morgan fingerprint density at radius 1 is 1.50 bits per heavy atom. The number of halogens is 1. The summed E-state index contributed by atoms with van der Waals surface area (Å²) in [5, 5.41) is 13.5. The second-order valence-electron chi connectivity index (χ2n) is 4.13. The lowest BCUT2D eigenvalue weighted by Crippen LogP contribution is -2.16. The maximum Gasteiger partial charge on any atom is 0.305 e. The highest BCUT2D eigenvalue weighted by Crippen LogP contribution is 2.17. The maximum atomic E-state index is 13.3. The molecule has 20 heavy (non-hydrogen) atoms.